The van der Waals surface area contributed by atoms with Crippen molar-refractivity contribution in [2.75, 3.05) is 13.2 Å². The van der Waals surface area contributed by atoms with Crippen molar-refractivity contribution in [1.82, 2.24) is 10.6 Å². The van der Waals surface area contributed by atoms with E-state index in [0.717, 1.165) is 17.5 Å². The first-order chi connectivity index (χ1) is 16.4. The van der Waals surface area contributed by atoms with Gasteiger partial charge in [0.05, 0.1) is 0 Å². The predicted octanol–water partition coefficient (Wildman–Crippen LogP) is 4.70. The maximum atomic E-state index is 12.5. The first kappa shape index (κ1) is 25.3. The van der Waals surface area contributed by atoms with Gasteiger partial charge in [0.25, 0.3) is 0 Å². The van der Waals surface area contributed by atoms with E-state index in [9.17, 15) is 14.4 Å². The number of carbonyl (C=O) groups is 3. The van der Waals surface area contributed by atoms with Crippen LogP contribution in [0.15, 0.2) is 48.5 Å². The van der Waals surface area contributed by atoms with Crippen molar-refractivity contribution in [1.29, 1.82) is 0 Å². The van der Waals surface area contributed by atoms with Crippen LogP contribution in [0.25, 0.3) is 11.1 Å². The lowest BCUT2D eigenvalue weighted by Crippen LogP contribution is -2.39. The van der Waals surface area contributed by atoms with E-state index in [0.29, 0.717) is 19.4 Å². The van der Waals surface area contributed by atoms with Crippen LogP contribution in [0.1, 0.15) is 63.0 Å². The molecule has 7 nitrogen and oxygen atoms in total. The second-order valence-corrected chi connectivity index (χ2v) is 8.96. The molecule has 0 radical (unpaired) electrons. The molecule has 182 valence electrons. The van der Waals surface area contributed by atoms with E-state index in [1.807, 2.05) is 38.1 Å². The molecule has 0 heterocycles. The third kappa shape index (κ3) is 6.83. The van der Waals surface area contributed by atoms with E-state index >= 15 is 0 Å². The summed E-state index contributed by atoms with van der Waals surface area (Å²) in [4.78, 5) is 35.4. The molecular weight excluding hydrogens is 432 g/mol. The number of nitrogens with one attached hydrogen (secondary N) is 2. The molecule has 1 unspecified atom stereocenters. The number of alkyl carbamates (subject to hydrolysis) is 1. The number of benzene rings is 2. The fourth-order valence-electron chi connectivity index (χ4n) is 4.37. The molecule has 1 aliphatic carbocycles. The van der Waals surface area contributed by atoms with Gasteiger partial charge in [0.15, 0.2) is 0 Å². The molecule has 34 heavy (non-hydrogen) atoms. The second-order valence-electron chi connectivity index (χ2n) is 8.96. The van der Waals surface area contributed by atoms with Crippen LogP contribution in [0.4, 0.5) is 4.79 Å². The normalized spacial score (nSPS) is 13.9. The van der Waals surface area contributed by atoms with Crippen LogP contribution in [0.5, 0.6) is 0 Å². The highest BCUT2D eigenvalue weighted by Gasteiger charge is 2.29. The van der Waals surface area contributed by atoms with Crippen molar-refractivity contribution < 1.29 is 24.2 Å². The third-order valence-electron chi connectivity index (χ3n) is 6.40. The summed E-state index contributed by atoms with van der Waals surface area (Å²) in [6.07, 6.45) is 1.69. The van der Waals surface area contributed by atoms with Crippen LogP contribution in [0.2, 0.25) is 0 Å². The number of amides is 2. The number of ether oxygens (including phenoxy) is 1. The smallest absolute Gasteiger partial charge is 0.407 e. The topological polar surface area (TPSA) is 105 Å². The number of rotatable bonds is 12. The molecule has 0 spiro atoms. The number of carboxylic acids is 1. The number of fused-ring (bicyclic) bond motifs is 3. The zero-order chi connectivity index (χ0) is 24.5. The molecule has 2 aromatic carbocycles. The molecule has 0 saturated carbocycles. The van der Waals surface area contributed by atoms with Gasteiger partial charge >= 0.3 is 12.1 Å². The SMILES string of the molecule is CC[C@@H](CC(=O)NCCC(C)CCC(=O)O)NC(=O)OCC1c2ccccc2-c2ccccc21. The van der Waals surface area contributed by atoms with Gasteiger partial charge in [-0.25, -0.2) is 4.79 Å². The van der Waals surface area contributed by atoms with Crippen molar-refractivity contribution in [2.45, 2.75) is 57.9 Å². The van der Waals surface area contributed by atoms with E-state index in [1.165, 1.54) is 11.1 Å². The van der Waals surface area contributed by atoms with Crippen LogP contribution in [0, 0.1) is 5.92 Å². The molecule has 2 amide bonds. The fourth-order valence-corrected chi connectivity index (χ4v) is 4.37. The van der Waals surface area contributed by atoms with E-state index in [4.69, 9.17) is 9.84 Å². The molecule has 1 aliphatic rings. The first-order valence-electron chi connectivity index (χ1n) is 12.0. The van der Waals surface area contributed by atoms with Crippen molar-refractivity contribution in [2.24, 2.45) is 5.92 Å². The number of hydrogen-bond acceptors (Lipinski definition) is 4. The largest absolute Gasteiger partial charge is 0.481 e. The van der Waals surface area contributed by atoms with E-state index < -0.39 is 12.1 Å². The molecule has 3 rings (SSSR count). The monoisotopic (exact) mass is 466 g/mol. The molecule has 2 aromatic rings. The number of carbonyl (C=O) groups excluding carboxylic acids is 2. The summed E-state index contributed by atoms with van der Waals surface area (Å²) < 4.78 is 5.58. The Morgan fingerprint density at radius 1 is 1.00 bits per heavy atom. The average Bonchev–Trinajstić information content (AvgIpc) is 3.14. The van der Waals surface area contributed by atoms with Crippen molar-refractivity contribution in [3.8, 4) is 11.1 Å². The van der Waals surface area contributed by atoms with Crippen molar-refractivity contribution in [3.63, 3.8) is 0 Å². The van der Waals surface area contributed by atoms with E-state index in [-0.39, 0.29) is 43.2 Å². The van der Waals surface area contributed by atoms with Crippen LogP contribution in [0.3, 0.4) is 0 Å². The molecule has 7 heteroatoms. The Labute approximate surface area is 200 Å². The van der Waals surface area contributed by atoms with Gasteiger partial charge in [-0.1, -0.05) is 62.4 Å². The highest BCUT2D eigenvalue weighted by Crippen LogP contribution is 2.44. The molecule has 0 fully saturated rings. The standard InChI is InChI=1S/C27H34N2O5/c1-3-19(16-25(30)28-15-14-18(2)12-13-26(31)32)29-27(33)34-17-24-22-10-6-4-8-20(22)21-9-5-7-11-23(21)24/h4-11,18-19,24H,3,12-17H2,1-2H3,(H,28,30)(H,29,33)(H,31,32)/t18?,19-/m0/s1. The van der Waals surface area contributed by atoms with E-state index in [2.05, 4.69) is 34.9 Å². The number of hydrogen-bond donors (Lipinski definition) is 3. The molecule has 0 saturated heterocycles. The zero-order valence-corrected chi connectivity index (χ0v) is 19.9. The summed E-state index contributed by atoms with van der Waals surface area (Å²) in [7, 11) is 0. The maximum absolute atomic E-state index is 12.5. The summed E-state index contributed by atoms with van der Waals surface area (Å²) in [5.41, 5.74) is 4.65. The highest BCUT2D eigenvalue weighted by molar-refractivity contribution is 5.79. The van der Waals surface area contributed by atoms with Crippen molar-refractivity contribution in [3.05, 3.63) is 59.7 Å². The highest BCUT2D eigenvalue weighted by atomic mass is 16.5. The number of carboxylic acid groups (broad SMARTS) is 1. The Balaban J connectivity index is 1.44. The van der Waals surface area contributed by atoms with Gasteiger partial charge in [-0.15, -0.1) is 0 Å². The molecule has 2 atom stereocenters. The van der Waals surface area contributed by atoms with Gasteiger partial charge < -0.3 is 20.5 Å². The molecule has 0 aliphatic heterocycles. The van der Waals surface area contributed by atoms with Gasteiger partial charge in [-0.3, -0.25) is 9.59 Å². The minimum Gasteiger partial charge on any atom is -0.481 e. The Hall–Kier alpha value is -3.35. The maximum Gasteiger partial charge on any atom is 0.407 e. The molecular formula is C27H34N2O5. The Bertz CT molecular complexity index is 961. The van der Waals surface area contributed by atoms with Crippen LogP contribution in [-0.2, 0) is 14.3 Å². The third-order valence-corrected chi connectivity index (χ3v) is 6.40. The Kier molecular flexibility index (Phi) is 9.08. The first-order valence-corrected chi connectivity index (χ1v) is 12.0. The van der Waals surface area contributed by atoms with Crippen molar-refractivity contribution >= 4 is 18.0 Å². The summed E-state index contributed by atoms with van der Waals surface area (Å²) in [5, 5.41) is 14.4. The summed E-state index contributed by atoms with van der Waals surface area (Å²) in [6, 6.07) is 16.0. The second kappa shape index (κ2) is 12.2. The quantitative estimate of drug-likeness (QED) is 0.421. The molecule has 0 aromatic heterocycles. The lowest BCUT2D eigenvalue weighted by atomic mass is 9.98. The Morgan fingerprint density at radius 3 is 2.21 bits per heavy atom. The van der Waals surface area contributed by atoms with Gasteiger partial charge in [0, 0.05) is 31.3 Å². The summed E-state index contributed by atoms with van der Waals surface area (Å²) in [6.45, 7) is 4.61. The predicted molar refractivity (Wildman–Crippen MR) is 131 cm³/mol. The summed E-state index contributed by atoms with van der Waals surface area (Å²) in [5.74, 6) is -0.737. The lowest BCUT2D eigenvalue weighted by Gasteiger charge is -2.19. The van der Waals surface area contributed by atoms with Gasteiger partial charge in [0.2, 0.25) is 5.91 Å². The summed E-state index contributed by atoms with van der Waals surface area (Å²) >= 11 is 0. The Morgan fingerprint density at radius 2 is 1.62 bits per heavy atom. The van der Waals surface area contributed by atoms with Gasteiger partial charge in [-0.05, 0) is 47.4 Å². The van der Waals surface area contributed by atoms with Gasteiger partial charge in [0.1, 0.15) is 6.61 Å². The van der Waals surface area contributed by atoms with Crippen LogP contribution in [-0.4, -0.2) is 42.3 Å². The van der Waals surface area contributed by atoms with Crippen LogP contribution >= 0.6 is 0 Å². The number of aliphatic carboxylic acids is 1. The lowest BCUT2D eigenvalue weighted by molar-refractivity contribution is -0.137. The average molecular weight is 467 g/mol. The van der Waals surface area contributed by atoms with Crippen LogP contribution < -0.4 is 10.6 Å². The van der Waals surface area contributed by atoms with E-state index in [1.54, 1.807) is 0 Å². The minimum absolute atomic E-state index is 0.00959. The minimum atomic E-state index is -0.805. The molecule has 3 N–H and O–H groups in total. The molecule has 0 bridgehead atoms. The fraction of sp³-hybridized carbons (Fsp3) is 0.444. The van der Waals surface area contributed by atoms with Gasteiger partial charge in [-0.2, -0.15) is 0 Å². The zero-order valence-electron chi connectivity index (χ0n) is 19.9.